The molecule has 0 bridgehead atoms. The largest absolute Gasteiger partial charge is 0.301 e. The Bertz CT molecular complexity index is 1320. The first-order valence-corrected chi connectivity index (χ1v) is 9.07. The summed E-state index contributed by atoms with van der Waals surface area (Å²) >= 11 is 0. The second-order valence-corrected chi connectivity index (χ2v) is 6.39. The number of pyridine rings is 2. The van der Waals surface area contributed by atoms with E-state index in [1.54, 1.807) is 30.5 Å². The van der Waals surface area contributed by atoms with Crippen LogP contribution in [0.3, 0.4) is 0 Å². The Hall–Kier alpha value is -4.73. The number of nitro benzene ring substituents is 2. The fourth-order valence-electron chi connectivity index (χ4n) is 2.94. The number of anilines is 1. The average molecular weight is 414 g/mol. The predicted molar refractivity (Wildman–Crippen MR) is 115 cm³/mol. The van der Waals surface area contributed by atoms with Crippen LogP contribution in [-0.2, 0) is 0 Å². The molecule has 0 aliphatic rings. The van der Waals surface area contributed by atoms with E-state index in [1.807, 2.05) is 30.3 Å². The zero-order valence-corrected chi connectivity index (χ0v) is 15.9. The molecule has 0 spiro atoms. The van der Waals surface area contributed by atoms with Crippen molar-refractivity contribution in [2.75, 3.05) is 5.43 Å². The number of benzene rings is 2. The van der Waals surface area contributed by atoms with Crippen LogP contribution in [0.4, 0.5) is 17.1 Å². The van der Waals surface area contributed by atoms with E-state index in [0.717, 1.165) is 17.0 Å². The Morgan fingerprint density at radius 2 is 1.68 bits per heavy atom. The topological polar surface area (TPSA) is 136 Å². The van der Waals surface area contributed by atoms with Crippen molar-refractivity contribution < 1.29 is 9.85 Å². The van der Waals surface area contributed by atoms with Crippen LogP contribution in [0.1, 0.15) is 11.4 Å². The summed E-state index contributed by atoms with van der Waals surface area (Å²) in [5.74, 6) is 0. The highest BCUT2D eigenvalue weighted by Crippen LogP contribution is 2.29. The fraction of sp³-hybridized carbons (Fsp3) is 0. The van der Waals surface area contributed by atoms with E-state index in [2.05, 4.69) is 20.5 Å². The molecule has 152 valence electrons. The van der Waals surface area contributed by atoms with Crippen molar-refractivity contribution in [2.45, 2.75) is 0 Å². The van der Waals surface area contributed by atoms with E-state index in [4.69, 9.17) is 0 Å². The first-order valence-electron chi connectivity index (χ1n) is 9.07. The van der Waals surface area contributed by atoms with Gasteiger partial charge in [0.1, 0.15) is 11.4 Å². The molecular formula is C21H14N6O4. The summed E-state index contributed by atoms with van der Waals surface area (Å²) in [5.41, 5.74) is 3.93. The van der Waals surface area contributed by atoms with Crippen LogP contribution in [-0.4, -0.2) is 25.5 Å². The number of hydrogen-bond donors (Lipinski definition) is 1. The zero-order chi connectivity index (χ0) is 21.8. The summed E-state index contributed by atoms with van der Waals surface area (Å²) in [7, 11) is 0. The van der Waals surface area contributed by atoms with Crippen LogP contribution >= 0.6 is 0 Å². The molecule has 10 heteroatoms. The van der Waals surface area contributed by atoms with Crippen molar-refractivity contribution in [3.05, 3.63) is 111 Å². The van der Waals surface area contributed by atoms with E-state index in [-0.39, 0.29) is 11.4 Å². The maximum absolute atomic E-state index is 11.4. The highest BCUT2D eigenvalue weighted by atomic mass is 16.6. The van der Waals surface area contributed by atoms with Crippen LogP contribution in [0, 0.1) is 20.2 Å². The lowest BCUT2D eigenvalue weighted by molar-refractivity contribution is -0.393. The van der Waals surface area contributed by atoms with Gasteiger partial charge in [0.15, 0.2) is 0 Å². The molecule has 0 saturated carbocycles. The van der Waals surface area contributed by atoms with Gasteiger partial charge in [-0.3, -0.25) is 30.6 Å². The van der Waals surface area contributed by atoms with Gasteiger partial charge in [-0.25, -0.2) is 4.98 Å². The molecule has 0 radical (unpaired) electrons. The molecule has 0 aliphatic carbocycles. The summed E-state index contributed by atoms with van der Waals surface area (Å²) in [6.07, 6.45) is 1.60. The molecule has 0 saturated heterocycles. The van der Waals surface area contributed by atoms with E-state index in [9.17, 15) is 20.2 Å². The number of nitrogens with one attached hydrogen (secondary N) is 1. The van der Waals surface area contributed by atoms with Gasteiger partial charge in [-0.1, -0.05) is 30.3 Å². The number of para-hydroxylation sites is 1. The number of rotatable bonds is 6. The summed E-state index contributed by atoms with van der Waals surface area (Å²) in [5, 5.41) is 27.6. The number of nitrogens with zero attached hydrogens (tertiary/aromatic N) is 5. The van der Waals surface area contributed by atoms with E-state index in [0.29, 0.717) is 17.1 Å². The molecule has 2 aromatic carbocycles. The number of non-ortho nitro benzene ring substituents is 1. The SMILES string of the molecule is O=[N+]([O-])c1ccc(N/N=C(\c2ccccn2)c2ccc3ccccc3n2)c([N+](=O)[O-])c1. The normalized spacial score (nSPS) is 11.3. The minimum atomic E-state index is -0.709. The number of nitro groups is 2. The van der Waals surface area contributed by atoms with Crippen molar-refractivity contribution in [3.63, 3.8) is 0 Å². The fourth-order valence-corrected chi connectivity index (χ4v) is 2.94. The third kappa shape index (κ3) is 4.17. The Morgan fingerprint density at radius 1 is 0.871 bits per heavy atom. The smallest absolute Gasteiger partial charge is 0.271 e. The second-order valence-electron chi connectivity index (χ2n) is 6.39. The van der Waals surface area contributed by atoms with Crippen LogP contribution in [0.2, 0.25) is 0 Å². The van der Waals surface area contributed by atoms with Crippen LogP contribution in [0.5, 0.6) is 0 Å². The molecule has 1 N–H and O–H groups in total. The van der Waals surface area contributed by atoms with Crippen LogP contribution < -0.4 is 5.43 Å². The summed E-state index contributed by atoms with van der Waals surface area (Å²) < 4.78 is 0. The third-order valence-electron chi connectivity index (χ3n) is 4.43. The van der Waals surface area contributed by atoms with Crippen LogP contribution in [0.15, 0.2) is 84.1 Å². The van der Waals surface area contributed by atoms with Gasteiger partial charge in [0.2, 0.25) is 0 Å². The van der Waals surface area contributed by atoms with Gasteiger partial charge >= 0.3 is 5.69 Å². The Labute approximate surface area is 175 Å². The van der Waals surface area contributed by atoms with Crippen LogP contribution in [0.25, 0.3) is 10.9 Å². The molecule has 2 heterocycles. The summed E-state index contributed by atoms with van der Waals surface area (Å²) in [6.45, 7) is 0. The number of hydrogen-bond acceptors (Lipinski definition) is 8. The molecule has 4 aromatic rings. The molecule has 31 heavy (non-hydrogen) atoms. The van der Waals surface area contributed by atoms with Crippen molar-refractivity contribution in [1.82, 2.24) is 9.97 Å². The van der Waals surface area contributed by atoms with Crippen molar-refractivity contribution in [2.24, 2.45) is 5.10 Å². The lowest BCUT2D eigenvalue weighted by atomic mass is 10.1. The number of aromatic nitrogens is 2. The minimum absolute atomic E-state index is 0.00446. The molecule has 2 aromatic heterocycles. The molecule has 0 amide bonds. The Morgan fingerprint density at radius 3 is 2.42 bits per heavy atom. The van der Waals surface area contributed by atoms with Crippen molar-refractivity contribution in [3.8, 4) is 0 Å². The maximum Gasteiger partial charge on any atom is 0.301 e. The van der Waals surface area contributed by atoms with Gasteiger partial charge in [-0.2, -0.15) is 5.10 Å². The third-order valence-corrected chi connectivity index (χ3v) is 4.43. The first kappa shape index (κ1) is 19.6. The van der Waals surface area contributed by atoms with E-state index >= 15 is 0 Å². The van der Waals surface area contributed by atoms with Crippen molar-refractivity contribution >= 4 is 33.7 Å². The standard InChI is InChI=1S/C21H14N6O4/c28-26(29)15-9-11-17(20(13-15)27(30)31)24-25-21(18-7-3-4-12-22-18)19-10-8-14-5-1-2-6-16(14)23-19/h1-13,24H/b25-21+. The van der Waals surface area contributed by atoms with Crippen molar-refractivity contribution in [1.29, 1.82) is 0 Å². The molecular weight excluding hydrogens is 400 g/mol. The van der Waals surface area contributed by atoms with Gasteiger partial charge < -0.3 is 0 Å². The molecule has 10 nitrogen and oxygen atoms in total. The zero-order valence-electron chi connectivity index (χ0n) is 15.9. The van der Waals surface area contributed by atoms with Gasteiger partial charge in [0, 0.05) is 17.6 Å². The first-order chi connectivity index (χ1) is 15.0. The maximum atomic E-state index is 11.4. The Balaban J connectivity index is 1.79. The quantitative estimate of drug-likeness (QED) is 0.282. The number of fused-ring (bicyclic) bond motifs is 1. The van der Waals surface area contributed by atoms with Gasteiger partial charge in [-0.15, -0.1) is 0 Å². The van der Waals surface area contributed by atoms with E-state index in [1.165, 1.54) is 12.1 Å². The number of hydrazone groups is 1. The van der Waals surface area contributed by atoms with Gasteiger partial charge in [0.05, 0.1) is 32.8 Å². The molecule has 0 atom stereocenters. The molecule has 0 unspecified atom stereocenters. The average Bonchev–Trinajstić information content (AvgIpc) is 2.79. The summed E-state index contributed by atoms with van der Waals surface area (Å²) in [6, 6.07) is 19.8. The highest BCUT2D eigenvalue weighted by Gasteiger charge is 2.20. The predicted octanol–water partition coefficient (Wildman–Crippen LogP) is 4.31. The van der Waals surface area contributed by atoms with E-state index < -0.39 is 15.5 Å². The molecule has 4 rings (SSSR count). The highest BCUT2D eigenvalue weighted by molar-refractivity contribution is 6.11. The van der Waals surface area contributed by atoms with Gasteiger partial charge in [0.25, 0.3) is 5.69 Å². The summed E-state index contributed by atoms with van der Waals surface area (Å²) in [4.78, 5) is 29.9. The second kappa shape index (κ2) is 8.33. The Kier molecular flexibility index (Phi) is 5.26. The molecule has 0 aliphatic heterocycles. The minimum Gasteiger partial charge on any atom is -0.271 e. The lowest BCUT2D eigenvalue weighted by Crippen LogP contribution is -2.11. The van der Waals surface area contributed by atoms with Gasteiger partial charge in [-0.05, 0) is 30.3 Å². The monoisotopic (exact) mass is 414 g/mol. The lowest BCUT2D eigenvalue weighted by Gasteiger charge is -2.08. The molecule has 0 fully saturated rings.